The molecule has 3 aromatic rings. The van der Waals surface area contributed by atoms with Crippen LogP contribution in [0.3, 0.4) is 0 Å². The summed E-state index contributed by atoms with van der Waals surface area (Å²) >= 11 is 3.45. The van der Waals surface area contributed by atoms with Crippen LogP contribution in [0.5, 0.6) is 5.75 Å². The average molecular weight is 304 g/mol. The molecule has 0 saturated carbocycles. The summed E-state index contributed by atoms with van der Waals surface area (Å²) in [5, 5.41) is 13.6. The molecule has 90 valence electrons. The van der Waals surface area contributed by atoms with Crippen molar-refractivity contribution in [3.05, 3.63) is 58.5 Å². The van der Waals surface area contributed by atoms with Gasteiger partial charge >= 0.3 is 0 Å². The molecule has 18 heavy (non-hydrogen) atoms. The minimum absolute atomic E-state index is 0.268. The smallest absolute Gasteiger partial charge is 0.169 e. The zero-order valence-electron chi connectivity index (χ0n) is 9.42. The number of phenols is 1. The largest absolute Gasteiger partial charge is 0.508 e. The van der Waals surface area contributed by atoms with E-state index in [-0.39, 0.29) is 5.75 Å². The van der Waals surface area contributed by atoms with Crippen molar-refractivity contribution in [3.63, 3.8) is 0 Å². The molecule has 0 amide bonds. The average Bonchev–Trinajstić information content (AvgIpc) is 2.76. The van der Waals surface area contributed by atoms with Crippen molar-refractivity contribution >= 4 is 21.6 Å². The second-order valence-corrected chi connectivity index (χ2v) is 4.85. The third kappa shape index (κ3) is 2.09. The number of aromatic hydroxyl groups is 1. The fourth-order valence-corrected chi connectivity index (χ4v) is 2.21. The third-order valence-electron chi connectivity index (χ3n) is 2.66. The van der Waals surface area contributed by atoms with E-state index in [0.29, 0.717) is 6.42 Å². The molecule has 3 rings (SSSR count). The van der Waals surface area contributed by atoms with Crippen LogP contribution in [0.25, 0.3) is 5.65 Å². The molecule has 2 aromatic heterocycles. The molecule has 0 atom stereocenters. The number of nitrogens with zero attached hydrogens (tertiary/aromatic N) is 3. The van der Waals surface area contributed by atoms with Gasteiger partial charge in [0, 0.05) is 12.6 Å². The Morgan fingerprint density at radius 1 is 1.17 bits per heavy atom. The monoisotopic (exact) mass is 303 g/mol. The zero-order valence-corrected chi connectivity index (χ0v) is 11.0. The summed E-state index contributed by atoms with van der Waals surface area (Å²) in [6, 6.07) is 10.9. The van der Waals surface area contributed by atoms with Crippen molar-refractivity contribution in [1.29, 1.82) is 0 Å². The molecule has 0 radical (unpaired) electrons. The molecule has 0 aliphatic heterocycles. The highest BCUT2D eigenvalue weighted by Crippen LogP contribution is 2.17. The summed E-state index contributed by atoms with van der Waals surface area (Å²) in [6.45, 7) is 0. The van der Waals surface area contributed by atoms with Gasteiger partial charge in [-0.2, -0.15) is 5.10 Å². The number of aromatic nitrogens is 3. The number of hydrogen-bond acceptors (Lipinski definition) is 3. The van der Waals surface area contributed by atoms with Gasteiger partial charge < -0.3 is 5.11 Å². The van der Waals surface area contributed by atoms with Gasteiger partial charge in [0.25, 0.3) is 0 Å². The number of halogens is 1. The first-order valence-corrected chi connectivity index (χ1v) is 6.29. The number of fused-ring (bicyclic) bond motifs is 1. The quantitative estimate of drug-likeness (QED) is 0.792. The van der Waals surface area contributed by atoms with Gasteiger partial charge in [-0.1, -0.05) is 12.1 Å². The van der Waals surface area contributed by atoms with Crippen LogP contribution in [0.4, 0.5) is 0 Å². The normalized spacial score (nSPS) is 10.9. The van der Waals surface area contributed by atoms with Crippen molar-refractivity contribution in [3.8, 4) is 5.75 Å². The van der Waals surface area contributed by atoms with Gasteiger partial charge in [-0.15, -0.1) is 0 Å². The van der Waals surface area contributed by atoms with E-state index in [1.807, 2.05) is 30.5 Å². The van der Waals surface area contributed by atoms with Crippen molar-refractivity contribution in [2.24, 2.45) is 0 Å². The Morgan fingerprint density at radius 3 is 2.67 bits per heavy atom. The predicted octanol–water partition coefficient (Wildman–Crippen LogP) is 2.79. The number of benzene rings is 1. The van der Waals surface area contributed by atoms with E-state index in [1.54, 1.807) is 16.6 Å². The van der Waals surface area contributed by atoms with Gasteiger partial charge in [-0.25, -0.2) is 9.50 Å². The molecular weight excluding hydrogens is 294 g/mol. The second kappa shape index (κ2) is 4.42. The molecule has 0 aliphatic carbocycles. The Labute approximate surface area is 112 Å². The zero-order chi connectivity index (χ0) is 12.5. The first kappa shape index (κ1) is 11.2. The van der Waals surface area contributed by atoms with E-state index >= 15 is 0 Å². The van der Waals surface area contributed by atoms with Crippen LogP contribution in [0.2, 0.25) is 0 Å². The molecule has 0 fully saturated rings. The first-order chi connectivity index (χ1) is 8.72. The molecule has 1 aromatic carbocycles. The second-order valence-electron chi connectivity index (χ2n) is 4.00. The molecule has 5 heteroatoms. The fourth-order valence-electron chi connectivity index (χ4n) is 1.79. The van der Waals surface area contributed by atoms with Crippen LogP contribution in [0.15, 0.2) is 47.1 Å². The minimum Gasteiger partial charge on any atom is -0.508 e. The summed E-state index contributed by atoms with van der Waals surface area (Å²) in [5.74, 6) is 1.03. The Morgan fingerprint density at radius 2 is 1.94 bits per heavy atom. The van der Waals surface area contributed by atoms with Gasteiger partial charge in [0.05, 0.1) is 4.47 Å². The fraction of sp³-hybridized carbons (Fsp3) is 0.0769. The van der Waals surface area contributed by atoms with Crippen molar-refractivity contribution in [1.82, 2.24) is 14.6 Å². The van der Waals surface area contributed by atoms with Gasteiger partial charge in [0.1, 0.15) is 5.75 Å². The highest BCUT2D eigenvalue weighted by Gasteiger charge is 2.06. The van der Waals surface area contributed by atoms with E-state index < -0.39 is 0 Å². The van der Waals surface area contributed by atoms with Gasteiger partial charge in [-0.05, 0) is 45.8 Å². The highest BCUT2D eigenvalue weighted by atomic mass is 79.9. The van der Waals surface area contributed by atoms with Gasteiger partial charge in [-0.3, -0.25) is 0 Å². The summed E-state index contributed by atoms with van der Waals surface area (Å²) in [4.78, 5) is 4.47. The van der Waals surface area contributed by atoms with Crippen molar-refractivity contribution in [2.75, 3.05) is 0 Å². The molecular formula is C13H10BrN3O. The maximum atomic E-state index is 9.23. The lowest BCUT2D eigenvalue weighted by molar-refractivity contribution is 0.475. The molecule has 0 bridgehead atoms. The van der Waals surface area contributed by atoms with Crippen LogP contribution < -0.4 is 0 Å². The van der Waals surface area contributed by atoms with E-state index in [4.69, 9.17) is 0 Å². The summed E-state index contributed by atoms with van der Waals surface area (Å²) in [6.07, 6.45) is 2.52. The number of phenolic OH excluding ortho intramolecular Hbond substituents is 1. The van der Waals surface area contributed by atoms with Gasteiger partial charge in [0.2, 0.25) is 0 Å². The van der Waals surface area contributed by atoms with Crippen LogP contribution in [0.1, 0.15) is 11.4 Å². The topological polar surface area (TPSA) is 50.4 Å². The summed E-state index contributed by atoms with van der Waals surface area (Å²) < 4.78 is 2.68. The van der Waals surface area contributed by atoms with E-state index in [9.17, 15) is 5.11 Å². The maximum absolute atomic E-state index is 9.23. The standard InChI is InChI=1S/C13H10BrN3O/c14-11-2-1-7-17-13(11)15-12(16-17)8-9-3-5-10(18)6-4-9/h1-7,18H,8H2. The highest BCUT2D eigenvalue weighted by molar-refractivity contribution is 9.10. The van der Waals surface area contributed by atoms with Crippen LogP contribution in [0, 0.1) is 0 Å². The Balaban J connectivity index is 1.95. The number of pyridine rings is 1. The van der Waals surface area contributed by atoms with Crippen LogP contribution in [-0.4, -0.2) is 19.7 Å². The lowest BCUT2D eigenvalue weighted by Gasteiger charge is -1.96. The van der Waals surface area contributed by atoms with E-state index in [2.05, 4.69) is 26.0 Å². The minimum atomic E-state index is 0.268. The first-order valence-electron chi connectivity index (χ1n) is 5.50. The van der Waals surface area contributed by atoms with Crippen LogP contribution in [-0.2, 0) is 6.42 Å². The molecule has 0 aliphatic rings. The third-order valence-corrected chi connectivity index (χ3v) is 3.28. The lowest BCUT2D eigenvalue weighted by Crippen LogP contribution is -1.91. The van der Waals surface area contributed by atoms with Gasteiger partial charge in [0.15, 0.2) is 11.5 Å². The number of rotatable bonds is 2. The number of hydrogen-bond donors (Lipinski definition) is 1. The van der Waals surface area contributed by atoms with Crippen molar-refractivity contribution in [2.45, 2.75) is 6.42 Å². The Kier molecular flexibility index (Phi) is 2.76. The van der Waals surface area contributed by atoms with Crippen molar-refractivity contribution < 1.29 is 5.11 Å². The molecule has 0 spiro atoms. The Hall–Kier alpha value is -1.88. The molecule has 2 heterocycles. The molecule has 0 saturated heterocycles. The molecule has 1 N–H and O–H groups in total. The lowest BCUT2D eigenvalue weighted by atomic mass is 10.1. The molecule has 4 nitrogen and oxygen atoms in total. The van der Waals surface area contributed by atoms with E-state index in [1.165, 1.54) is 0 Å². The molecule has 0 unspecified atom stereocenters. The van der Waals surface area contributed by atoms with E-state index in [0.717, 1.165) is 21.5 Å². The summed E-state index contributed by atoms with van der Waals surface area (Å²) in [5.41, 5.74) is 1.88. The van der Waals surface area contributed by atoms with Crippen LogP contribution >= 0.6 is 15.9 Å². The summed E-state index contributed by atoms with van der Waals surface area (Å²) in [7, 11) is 0. The Bertz CT molecular complexity index is 691. The predicted molar refractivity (Wildman–Crippen MR) is 71.6 cm³/mol. The maximum Gasteiger partial charge on any atom is 0.169 e. The SMILES string of the molecule is Oc1ccc(Cc2nc3c(Br)cccn3n2)cc1.